The molecular formula is C14H16BrFN2O4. The summed E-state index contributed by atoms with van der Waals surface area (Å²) < 4.78 is 17.9. The molecule has 2 N–H and O–H groups in total. The fourth-order valence-corrected chi connectivity index (χ4v) is 1.90. The number of ether oxygens (including phenoxy) is 1. The van der Waals surface area contributed by atoms with Crippen LogP contribution in [0.2, 0.25) is 0 Å². The maximum atomic E-state index is 12.9. The Kier molecular flexibility index (Phi) is 6.97. The van der Waals surface area contributed by atoms with Crippen molar-refractivity contribution in [3.8, 4) is 0 Å². The van der Waals surface area contributed by atoms with E-state index >= 15 is 0 Å². The molecule has 0 unspecified atom stereocenters. The van der Waals surface area contributed by atoms with E-state index in [1.807, 2.05) is 12.2 Å². The molecule has 22 heavy (non-hydrogen) atoms. The van der Waals surface area contributed by atoms with Crippen molar-refractivity contribution in [2.24, 2.45) is 0 Å². The van der Waals surface area contributed by atoms with Crippen LogP contribution in [-0.4, -0.2) is 30.6 Å². The van der Waals surface area contributed by atoms with Crippen LogP contribution in [0.15, 0.2) is 22.7 Å². The quantitative estimate of drug-likeness (QED) is 0.774. The highest BCUT2D eigenvalue weighted by Crippen LogP contribution is 2.18. The van der Waals surface area contributed by atoms with E-state index in [0.29, 0.717) is 0 Å². The Bertz CT molecular complexity index is 580. The molecule has 0 heterocycles. The molecule has 0 fully saturated rings. The number of benzene rings is 1. The van der Waals surface area contributed by atoms with Crippen LogP contribution in [0.1, 0.15) is 30.6 Å². The third-order valence-corrected chi connectivity index (χ3v) is 3.38. The van der Waals surface area contributed by atoms with Crippen molar-refractivity contribution in [2.75, 3.05) is 6.61 Å². The van der Waals surface area contributed by atoms with Crippen molar-refractivity contribution in [1.29, 1.82) is 0 Å². The summed E-state index contributed by atoms with van der Waals surface area (Å²) in [5.74, 6) is -2.07. The van der Waals surface area contributed by atoms with Gasteiger partial charge in [0.15, 0.2) is 6.61 Å². The van der Waals surface area contributed by atoms with Crippen molar-refractivity contribution in [3.63, 3.8) is 0 Å². The number of imide groups is 1. The molecule has 0 saturated heterocycles. The molecule has 3 amide bonds. The van der Waals surface area contributed by atoms with E-state index in [2.05, 4.69) is 21.2 Å². The molecule has 0 bridgehead atoms. The number of carbonyl (C=O) groups excluding carboxylic acids is 3. The third kappa shape index (κ3) is 5.80. The summed E-state index contributed by atoms with van der Waals surface area (Å²) in [5.41, 5.74) is 0.0817. The van der Waals surface area contributed by atoms with Crippen molar-refractivity contribution >= 4 is 33.8 Å². The molecule has 6 nitrogen and oxygen atoms in total. The van der Waals surface area contributed by atoms with Gasteiger partial charge in [-0.05, 0) is 47.5 Å². The zero-order valence-electron chi connectivity index (χ0n) is 12.1. The lowest BCUT2D eigenvalue weighted by atomic mass is 10.2. The molecule has 0 aliphatic rings. The molecule has 120 valence electrons. The Morgan fingerprint density at radius 3 is 2.64 bits per heavy atom. The van der Waals surface area contributed by atoms with Crippen LogP contribution in [0.25, 0.3) is 0 Å². The molecule has 0 aromatic heterocycles. The van der Waals surface area contributed by atoms with Gasteiger partial charge in [-0.1, -0.05) is 6.92 Å². The number of nitrogens with one attached hydrogen (secondary N) is 2. The average molecular weight is 375 g/mol. The van der Waals surface area contributed by atoms with Crippen molar-refractivity contribution < 1.29 is 23.5 Å². The van der Waals surface area contributed by atoms with Crippen LogP contribution >= 0.6 is 15.9 Å². The number of hydrogen-bond donors (Lipinski definition) is 2. The molecule has 1 aromatic rings. The van der Waals surface area contributed by atoms with Crippen LogP contribution in [0.5, 0.6) is 0 Å². The van der Waals surface area contributed by atoms with E-state index < -0.39 is 30.3 Å². The monoisotopic (exact) mass is 374 g/mol. The molecule has 0 aliphatic carbocycles. The first-order chi connectivity index (χ1) is 10.3. The number of amides is 3. The molecular weight excluding hydrogens is 359 g/mol. The van der Waals surface area contributed by atoms with Crippen LogP contribution in [0.4, 0.5) is 9.18 Å². The van der Waals surface area contributed by atoms with Gasteiger partial charge in [-0.15, -0.1) is 0 Å². The zero-order valence-corrected chi connectivity index (χ0v) is 13.7. The molecule has 8 heteroatoms. The van der Waals surface area contributed by atoms with Crippen LogP contribution < -0.4 is 10.6 Å². The summed E-state index contributed by atoms with van der Waals surface area (Å²) in [6.07, 6.45) is 0.717. The Morgan fingerprint density at radius 2 is 2.05 bits per heavy atom. The van der Waals surface area contributed by atoms with Crippen LogP contribution in [-0.2, 0) is 9.53 Å². The summed E-state index contributed by atoms with van der Waals surface area (Å²) in [4.78, 5) is 34.6. The normalized spacial score (nSPS) is 11.5. The van der Waals surface area contributed by atoms with E-state index in [0.717, 1.165) is 18.6 Å². The SMILES string of the molecule is CC[C@@H](C)NC(=O)NC(=O)COC(=O)c1ccc(F)cc1Br. The summed E-state index contributed by atoms with van der Waals surface area (Å²) in [7, 11) is 0. The minimum absolute atomic E-state index is 0.0782. The van der Waals surface area contributed by atoms with Gasteiger partial charge in [0.1, 0.15) is 5.82 Å². The number of halogens is 2. The molecule has 1 aromatic carbocycles. The minimum Gasteiger partial charge on any atom is -0.452 e. The highest BCUT2D eigenvalue weighted by molar-refractivity contribution is 9.10. The molecule has 0 spiro atoms. The number of carbonyl (C=O) groups is 3. The molecule has 1 atom stereocenters. The van der Waals surface area contributed by atoms with Gasteiger partial charge in [0, 0.05) is 10.5 Å². The standard InChI is InChI=1S/C14H16BrFN2O4/c1-3-8(2)17-14(21)18-12(19)7-22-13(20)10-5-4-9(16)6-11(10)15/h4-6,8H,3,7H2,1-2H3,(H2,17,18,19,21)/t8-/m1/s1. The predicted octanol–water partition coefficient (Wildman–Crippen LogP) is 2.37. The topological polar surface area (TPSA) is 84.5 Å². The van der Waals surface area contributed by atoms with E-state index in [1.54, 1.807) is 6.92 Å². The zero-order chi connectivity index (χ0) is 16.7. The lowest BCUT2D eigenvalue weighted by Gasteiger charge is -2.12. The highest BCUT2D eigenvalue weighted by atomic mass is 79.9. The van der Waals surface area contributed by atoms with Crippen molar-refractivity contribution in [2.45, 2.75) is 26.3 Å². The number of hydrogen-bond acceptors (Lipinski definition) is 4. The molecule has 0 aliphatic heterocycles. The van der Waals surface area contributed by atoms with E-state index in [1.165, 1.54) is 6.07 Å². The predicted molar refractivity (Wildman–Crippen MR) is 80.8 cm³/mol. The van der Waals surface area contributed by atoms with E-state index in [9.17, 15) is 18.8 Å². The van der Waals surface area contributed by atoms with Crippen LogP contribution in [0.3, 0.4) is 0 Å². The first kappa shape index (κ1) is 18.1. The number of urea groups is 1. The molecule has 0 saturated carbocycles. The summed E-state index contributed by atoms with van der Waals surface area (Å²) >= 11 is 3.02. The van der Waals surface area contributed by atoms with Crippen molar-refractivity contribution in [1.82, 2.24) is 10.6 Å². The Hall–Kier alpha value is -1.96. The minimum atomic E-state index is -0.802. The number of rotatable bonds is 5. The lowest BCUT2D eigenvalue weighted by Crippen LogP contribution is -2.44. The highest BCUT2D eigenvalue weighted by Gasteiger charge is 2.15. The first-order valence-corrected chi connectivity index (χ1v) is 7.35. The van der Waals surface area contributed by atoms with Gasteiger partial charge in [0.05, 0.1) is 5.56 Å². The van der Waals surface area contributed by atoms with Gasteiger partial charge in [-0.2, -0.15) is 0 Å². The van der Waals surface area contributed by atoms with Gasteiger partial charge in [0.2, 0.25) is 0 Å². The second-order valence-electron chi connectivity index (χ2n) is 4.53. The smallest absolute Gasteiger partial charge is 0.339 e. The first-order valence-electron chi connectivity index (χ1n) is 6.56. The average Bonchev–Trinajstić information content (AvgIpc) is 2.44. The van der Waals surface area contributed by atoms with Gasteiger partial charge in [-0.3, -0.25) is 10.1 Å². The van der Waals surface area contributed by atoms with Crippen molar-refractivity contribution in [3.05, 3.63) is 34.1 Å². The second kappa shape index (κ2) is 8.47. The third-order valence-electron chi connectivity index (χ3n) is 2.73. The van der Waals surface area contributed by atoms with Gasteiger partial charge < -0.3 is 10.1 Å². The fourth-order valence-electron chi connectivity index (χ4n) is 1.39. The number of esters is 1. The lowest BCUT2D eigenvalue weighted by molar-refractivity contribution is -0.123. The fraction of sp³-hybridized carbons (Fsp3) is 0.357. The Balaban J connectivity index is 2.46. The van der Waals surface area contributed by atoms with Crippen LogP contribution in [0, 0.1) is 5.82 Å². The summed E-state index contributed by atoms with van der Waals surface area (Å²) in [6, 6.07) is 2.70. The maximum Gasteiger partial charge on any atom is 0.339 e. The van der Waals surface area contributed by atoms with E-state index in [-0.39, 0.29) is 16.1 Å². The largest absolute Gasteiger partial charge is 0.452 e. The van der Waals surface area contributed by atoms with Gasteiger partial charge in [-0.25, -0.2) is 14.0 Å². The maximum absolute atomic E-state index is 12.9. The Labute approximate surface area is 135 Å². The summed E-state index contributed by atoms with van der Waals surface area (Å²) in [6.45, 7) is 3.06. The summed E-state index contributed by atoms with van der Waals surface area (Å²) in [5, 5.41) is 4.57. The molecule has 0 radical (unpaired) electrons. The van der Waals surface area contributed by atoms with Gasteiger partial charge >= 0.3 is 12.0 Å². The van der Waals surface area contributed by atoms with Gasteiger partial charge in [0.25, 0.3) is 5.91 Å². The Morgan fingerprint density at radius 1 is 1.36 bits per heavy atom. The molecule has 1 rings (SSSR count). The van der Waals surface area contributed by atoms with E-state index in [4.69, 9.17) is 4.74 Å². The second-order valence-corrected chi connectivity index (χ2v) is 5.39.